The number of carbonyl (C=O) groups excluding carboxylic acids is 1. The Kier molecular flexibility index (Phi) is 5.24. The Balaban J connectivity index is 1.96. The van der Waals surface area contributed by atoms with Crippen LogP contribution in [-0.2, 0) is 11.3 Å². The summed E-state index contributed by atoms with van der Waals surface area (Å²) in [7, 11) is 0. The molecule has 4 nitrogen and oxygen atoms in total. The van der Waals surface area contributed by atoms with Crippen molar-refractivity contribution in [2.45, 2.75) is 19.6 Å². The Labute approximate surface area is 118 Å². The molecule has 0 saturated carbocycles. The molecule has 1 aliphatic heterocycles. The zero-order valence-corrected chi connectivity index (χ0v) is 11.9. The van der Waals surface area contributed by atoms with Crippen molar-refractivity contribution in [3.05, 3.63) is 29.8 Å². The van der Waals surface area contributed by atoms with Gasteiger partial charge in [-0.05, 0) is 24.6 Å². The van der Waals surface area contributed by atoms with Crippen molar-refractivity contribution in [1.82, 2.24) is 4.90 Å². The molecule has 1 saturated heterocycles. The maximum absolute atomic E-state index is 11.4. The number of hydrogen-bond donors (Lipinski definition) is 2. The lowest BCUT2D eigenvalue weighted by Crippen LogP contribution is -2.32. The molecule has 19 heavy (non-hydrogen) atoms. The number of benzene rings is 1. The molecular weight excluding hydrogens is 260 g/mol. The summed E-state index contributed by atoms with van der Waals surface area (Å²) in [5.41, 5.74) is 1.94. The Bertz CT molecular complexity index is 431. The van der Waals surface area contributed by atoms with Gasteiger partial charge in [0.1, 0.15) is 6.10 Å². The fourth-order valence-corrected chi connectivity index (χ4v) is 2.99. The Morgan fingerprint density at radius 2 is 2.21 bits per heavy atom. The van der Waals surface area contributed by atoms with Crippen molar-refractivity contribution in [2.75, 3.05) is 29.9 Å². The lowest BCUT2D eigenvalue weighted by Gasteiger charge is -2.26. The van der Waals surface area contributed by atoms with Gasteiger partial charge in [0, 0.05) is 36.8 Å². The van der Waals surface area contributed by atoms with Crippen molar-refractivity contribution >= 4 is 23.4 Å². The lowest BCUT2D eigenvalue weighted by molar-refractivity contribution is -0.123. The molecule has 1 aliphatic rings. The van der Waals surface area contributed by atoms with E-state index in [1.165, 1.54) is 24.0 Å². The van der Waals surface area contributed by atoms with E-state index in [9.17, 15) is 9.90 Å². The van der Waals surface area contributed by atoms with Crippen molar-refractivity contribution < 1.29 is 9.90 Å². The predicted molar refractivity (Wildman–Crippen MR) is 79.4 cm³/mol. The van der Waals surface area contributed by atoms with E-state index in [1.807, 2.05) is 30.0 Å². The zero-order chi connectivity index (χ0) is 13.7. The van der Waals surface area contributed by atoms with Crippen LogP contribution in [0, 0.1) is 0 Å². The lowest BCUT2D eigenvalue weighted by atomic mass is 10.2. The summed E-state index contributed by atoms with van der Waals surface area (Å²) in [6, 6.07) is 7.82. The fraction of sp³-hybridized carbons (Fsp3) is 0.500. The highest BCUT2D eigenvalue weighted by Gasteiger charge is 2.12. The first-order valence-electron chi connectivity index (χ1n) is 6.53. The molecule has 1 aromatic rings. The quantitative estimate of drug-likeness (QED) is 0.879. The van der Waals surface area contributed by atoms with Crippen LogP contribution in [0.3, 0.4) is 0 Å². The first-order chi connectivity index (χ1) is 9.15. The van der Waals surface area contributed by atoms with E-state index in [4.69, 9.17) is 0 Å². The molecule has 0 bridgehead atoms. The van der Waals surface area contributed by atoms with Gasteiger partial charge >= 0.3 is 0 Å². The van der Waals surface area contributed by atoms with Gasteiger partial charge in [-0.3, -0.25) is 9.69 Å². The third-order valence-electron chi connectivity index (χ3n) is 3.08. The van der Waals surface area contributed by atoms with Crippen LogP contribution in [0.2, 0.25) is 0 Å². The minimum atomic E-state index is -0.984. The van der Waals surface area contributed by atoms with Gasteiger partial charge < -0.3 is 10.4 Å². The van der Waals surface area contributed by atoms with Gasteiger partial charge in [0.15, 0.2) is 0 Å². The van der Waals surface area contributed by atoms with E-state index in [0.29, 0.717) is 0 Å². The summed E-state index contributed by atoms with van der Waals surface area (Å²) in [6.45, 7) is 4.62. The monoisotopic (exact) mass is 280 g/mol. The summed E-state index contributed by atoms with van der Waals surface area (Å²) in [4.78, 5) is 13.9. The number of carbonyl (C=O) groups is 1. The van der Waals surface area contributed by atoms with Crippen molar-refractivity contribution in [3.63, 3.8) is 0 Å². The highest BCUT2D eigenvalue weighted by atomic mass is 32.2. The van der Waals surface area contributed by atoms with Crippen LogP contribution in [-0.4, -0.2) is 46.6 Å². The summed E-state index contributed by atoms with van der Waals surface area (Å²) in [5.74, 6) is 2.02. The van der Waals surface area contributed by atoms with Gasteiger partial charge in [-0.15, -0.1) is 0 Å². The largest absolute Gasteiger partial charge is 0.384 e. The molecule has 2 rings (SSSR count). The number of thioether (sulfide) groups is 1. The smallest absolute Gasteiger partial charge is 0.252 e. The summed E-state index contributed by atoms with van der Waals surface area (Å²) in [6.07, 6.45) is -0.984. The second-order valence-corrected chi connectivity index (χ2v) is 5.98. The van der Waals surface area contributed by atoms with Crippen LogP contribution >= 0.6 is 11.8 Å². The van der Waals surface area contributed by atoms with E-state index in [1.54, 1.807) is 0 Å². The third kappa shape index (κ3) is 4.53. The van der Waals surface area contributed by atoms with Crippen LogP contribution in [0.1, 0.15) is 12.5 Å². The Morgan fingerprint density at radius 1 is 1.47 bits per heavy atom. The molecule has 1 aromatic carbocycles. The van der Waals surface area contributed by atoms with Crippen molar-refractivity contribution in [1.29, 1.82) is 0 Å². The molecule has 5 heteroatoms. The molecule has 1 atom stereocenters. The zero-order valence-electron chi connectivity index (χ0n) is 11.1. The third-order valence-corrected chi connectivity index (χ3v) is 4.03. The van der Waals surface area contributed by atoms with Gasteiger partial charge in [0.2, 0.25) is 0 Å². The van der Waals surface area contributed by atoms with Crippen LogP contribution in [0.5, 0.6) is 0 Å². The van der Waals surface area contributed by atoms with Gasteiger partial charge in [0.05, 0.1) is 0 Å². The minimum absolute atomic E-state index is 0.369. The number of rotatable bonds is 4. The van der Waals surface area contributed by atoms with E-state index < -0.39 is 6.10 Å². The molecule has 2 N–H and O–H groups in total. The number of nitrogens with one attached hydrogen (secondary N) is 1. The number of nitrogens with zero attached hydrogens (tertiary/aromatic N) is 1. The number of aliphatic hydroxyl groups is 1. The molecular formula is C14H20N2O2S. The standard InChI is InChI=1S/C14H20N2O2S/c1-11(17)14(18)15-13-4-2-3-12(9-13)10-16-5-7-19-8-6-16/h2-4,9,11,17H,5-8,10H2,1H3,(H,15,18). The summed E-state index contributed by atoms with van der Waals surface area (Å²) in [5, 5.41) is 11.9. The number of aliphatic hydroxyl groups excluding tert-OH is 1. The maximum atomic E-state index is 11.4. The Hall–Kier alpha value is -1.04. The van der Waals surface area contributed by atoms with Crippen molar-refractivity contribution in [2.24, 2.45) is 0 Å². The summed E-state index contributed by atoms with van der Waals surface area (Å²) >= 11 is 2.00. The highest BCUT2D eigenvalue weighted by molar-refractivity contribution is 7.99. The second-order valence-electron chi connectivity index (χ2n) is 4.75. The number of amides is 1. The Morgan fingerprint density at radius 3 is 2.89 bits per heavy atom. The van der Waals surface area contributed by atoms with Crippen LogP contribution < -0.4 is 5.32 Å². The van der Waals surface area contributed by atoms with Crippen molar-refractivity contribution in [3.8, 4) is 0 Å². The van der Waals surface area contributed by atoms with Gasteiger partial charge in [0.25, 0.3) is 5.91 Å². The molecule has 0 spiro atoms. The first-order valence-corrected chi connectivity index (χ1v) is 7.68. The SMILES string of the molecule is CC(O)C(=O)Nc1cccc(CN2CCSCC2)c1. The second kappa shape index (κ2) is 6.93. The maximum Gasteiger partial charge on any atom is 0.252 e. The van der Waals surface area contributed by atoms with Gasteiger partial charge in [-0.2, -0.15) is 11.8 Å². The molecule has 1 fully saturated rings. The van der Waals surface area contributed by atoms with E-state index >= 15 is 0 Å². The minimum Gasteiger partial charge on any atom is -0.384 e. The molecule has 1 unspecified atom stereocenters. The van der Waals surface area contributed by atoms with Gasteiger partial charge in [-0.25, -0.2) is 0 Å². The van der Waals surface area contributed by atoms with E-state index in [-0.39, 0.29) is 5.91 Å². The number of hydrogen-bond acceptors (Lipinski definition) is 4. The molecule has 104 valence electrons. The predicted octanol–water partition coefficient (Wildman–Crippen LogP) is 1.55. The fourth-order valence-electron chi connectivity index (χ4n) is 2.01. The van der Waals surface area contributed by atoms with Crippen LogP contribution in [0.4, 0.5) is 5.69 Å². The molecule has 0 aromatic heterocycles. The topological polar surface area (TPSA) is 52.6 Å². The molecule has 1 heterocycles. The van der Waals surface area contributed by atoms with E-state index in [0.717, 1.165) is 25.3 Å². The normalized spacial score (nSPS) is 18.0. The molecule has 0 aliphatic carbocycles. The number of anilines is 1. The average molecular weight is 280 g/mol. The molecule has 1 amide bonds. The molecule has 0 radical (unpaired) electrons. The van der Waals surface area contributed by atoms with Gasteiger partial charge in [-0.1, -0.05) is 12.1 Å². The summed E-state index contributed by atoms with van der Waals surface area (Å²) < 4.78 is 0. The first kappa shape index (κ1) is 14.4. The van der Waals surface area contributed by atoms with Crippen LogP contribution in [0.25, 0.3) is 0 Å². The highest BCUT2D eigenvalue weighted by Crippen LogP contribution is 2.16. The average Bonchev–Trinajstić information content (AvgIpc) is 2.40. The van der Waals surface area contributed by atoms with E-state index in [2.05, 4.69) is 16.3 Å². The van der Waals surface area contributed by atoms with Crippen LogP contribution in [0.15, 0.2) is 24.3 Å².